The zero-order chi connectivity index (χ0) is 20.9. The Balaban J connectivity index is 1.38. The van der Waals surface area contributed by atoms with Crippen molar-refractivity contribution in [1.29, 1.82) is 0 Å². The van der Waals surface area contributed by atoms with Crippen LogP contribution in [0, 0.1) is 11.8 Å². The molecule has 1 aliphatic carbocycles. The van der Waals surface area contributed by atoms with Gasteiger partial charge in [-0.25, -0.2) is 0 Å². The van der Waals surface area contributed by atoms with Crippen molar-refractivity contribution in [2.24, 2.45) is 11.8 Å². The standard InChI is InChI=1S/C26H35NO3/c1-3-29-26(28)21-13-15-27(16-14-21)18-20-9-12-24-22(17-20)5-4-6-25(24)30-23-10-7-19(2)8-11-23/h4-6,9,12,17,19,21,23H,3,7-8,10-11,13-16,18H2,1-2H3. The van der Waals surface area contributed by atoms with Gasteiger partial charge in [-0.05, 0) is 87.5 Å². The van der Waals surface area contributed by atoms with Gasteiger partial charge in [0, 0.05) is 11.9 Å². The van der Waals surface area contributed by atoms with Crippen molar-refractivity contribution in [3.8, 4) is 5.75 Å². The first kappa shape index (κ1) is 21.2. The van der Waals surface area contributed by atoms with E-state index in [0.29, 0.717) is 12.7 Å². The minimum absolute atomic E-state index is 0.0252. The van der Waals surface area contributed by atoms with Gasteiger partial charge in [-0.3, -0.25) is 9.69 Å². The average molecular weight is 410 g/mol. The van der Waals surface area contributed by atoms with Crippen LogP contribution in [0.25, 0.3) is 10.8 Å². The summed E-state index contributed by atoms with van der Waals surface area (Å²) in [6.45, 7) is 7.52. The zero-order valence-electron chi connectivity index (χ0n) is 18.4. The number of ether oxygens (including phenoxy) is 2. The van der Waals surface area contributed by atoms with Gasteiger partial charge in [-0.1, -0.05) is 31.2 Å². The Morgan fingerprint density at radius 3 is 2.53 bits per heavy atom. The fourth-order valence-corrected chi connectivity index (χ4v) is 4.88. The highest BCUT2D eigenvalue weighted by Gasteiger charge is 2.26. The number of fused-ring (bicyclic) bond motifs is 1. The highest BCUT2D eigenvalue weighted by Crippen LogP contribution is 2.32. The van der Waals surface area contributed by atoms with E-state index in [-0.39, 0.29) is 11.9 Å². The first-order chi connectivity index (χ1) is 14.6. The first-order valence-electron chi connectivity index (χ1n) is 11.7. The van der Waals surface area contributed by atoms with Crippen molar-refractivity contribution < 1.29 is 14.3 Å². The van der Waals surface area contributed by atoms with Crippen molar-refractivity contribution in [1.82, 2.24) is 4.90 Å². The molecule has 1 heterocycles. The Morgan fingerprint density at radius 1 is 1.03 bits per heavy atom. The van der Waals surface area contributed by atoms with Crippen LogP contribution in [-0.2, 0) is 16.1 Å². The van der Waals surface area contributed by atoms with Crippen LogP contribution < -0.4 is 4.74 Å². The first-order valence-corrected chi connectivity index (χ1v) is 11.7. The molecule has 0 radical (unpaired) electrons. The van der Waals surface area contributed by atoms with E-state index >= 15 is 0 Å². The minimum Gasteiger partial charge on any atom is -0.490 e. The number of likely N-dealkylation sites (tertiary alicyclic amines) is 1. The summed E-state index contributed by atoms with van der Waals surface area (Å²) in [5.74, 6) is 1.90. The number of carbonyl (C=O) groups excluding carboxylic acids is 1. The van der Waals surface area contributed by atoms with Crippen LogP contribution in [0.4, 0.5) is 0 Å². The molecule has 4 nitrogen and oxygen atoms in total. The highest BCUT2D eigenvalue weighted by molar-refractivity contribution is 5.88. The summed E-state index contributed by atoms with van der Waals surface area (Å²) >= 11 is 0. The van der Waals surface area contributed by atoms with Gasteiger partial charge in [0.25, 0.3) is 0 Å². The molecule has 30 heavy (non-hydrogen) atoms. The molecule has 2 fully saturated rings. The highest BCUT2D eigenvalue weighted by atomic mass is 16.5. The van der Waals surface area contributed by atoms with Gasteiger partial charge in [0.05, 0.1) is 18.6 Å². The molecule has 0 atom stereocenters. The van der Waals surface area contributed by atoms with Crippen LogP contribution in [0.3, 0.4) is 0 Å². The predicted octanol–water partition coefficient (Wildman–Crippen LogP) is 5.57. The fourth-order valence-electron chi connectivity index (χ4n) is 4.88. The molecule has 1 saturated heterocycles. The summed E-state index contributed by atoms with van der Waals surface area (Å²) in [6, 6.07) is 13.1. The molecule has 4 rings (SSSR count). The summed E-state index contributed by atoms with van der Waals surface area (Å²) in [6.07, 6.45) is 7.01. The topological polar surface area (TPSA) is 38.8 Å². The van der Waals surface area contributed by atoms with Crippen LogP contribution in [0.15, 0.2) is 36.4 Å². The summed E-state index contributed by atoms with van der Waals surface area (Å²) in [5.41, 5.74) is 1.32. The molecule has 0 unspecified atom stereocenters. The average Bonchev–Trinajstić information content (AvgIpc) is 2.76. The van der Waals surface area contributed by atoms with Crippen molar-refractivity contribution in [3.05, 3.63) is 42.0 Å². The van der Waals surface area contributed by atoms with Crippen molar-refractivity contribution in [3.63, 3.8) is 0 Å². The second-order valence-corrected chi connectivity index (χ2v) is 9.11. The van der Waals surface area contributed by atoms with Gasteiger partial charge >= 0.3 is 5.97 Å². The molecule has 0 amide bonds. The molecule has 0 aromatic heterocycles. The van der Waals surface area contributed by atoms with E-state index in [2.05, 4.69) is 48.2 Å². The van der Waals surface area contributed by atoms with E-state index in [4.69, 9.17) is 9.47 Å². The SMILES string of the molecule is CCOC(=O)C1CCN(Cc2ccc3c(OC4CCC(C)CC4)cccc3c2)CC1. The number of nitrogens with zero attached hydrogens (tertiary/aromatic N) is 1. The lowest BCUT2D eigenvalue weighted by molar-refractivity contribution is -0.149. The molecule has 1 aliphatic heterocycles. The maximum atomic E-state index is 11.9. The lowest BCUT2D eigenvalue weighted by Gasteiger charge is -2.31. The van der Waals surface area contributed by atoms with E-state index < -0.39 is 0 Å². The van der Waals surface area contributed by atoms with E-state index in [1.165, 1.54) is 29.2 Å². The molecular formula is C26H35NO3. The Morgan fingerprint density at radius 2 is 1.80 bits per heavy atom. The smallest absolute Gasteiger partial charge is 0.309 e. The summed E-state index contributed by atoms with van der Waals surface area (Å²) < 4.78 is 11.6. The molecule has 0 bridgehead atoms. The molecule has 1 saturated carbocycles. The third-order valence-corrected chi connectivity index (χ3v) is 6.78. The van der Waals surface area contributed by atoms with E-state index in [1.807, 2.05) is 6.92 Å². The van der Waals surface area contributed by atoms with Gasteiger partial charge in [0.15, 0.2) is 0 Å². The predicted molar refractivity (Wildman–Crippen MR) is 121 cm³/mol. The largest absolute Gasteiger partial charge is 0.490 e. The van der Waals surface area contributed by atoms with Crippen LogP contribution in [-0.4, -0.2) is 36.7 Å². The minimum atomic E-state index is -0.0252. The molecular weight excluding hydrogens is 374 g/mol. The van der Waals surface area contributed by atoms with Gasteiger partial charge in [0.1, 0.15) is 5.75 Å². The molecule has 162 valence electrons. The molecule has 2 aliphatic rings. The zero-order valence-corrected chi connectivity index (χ0v) is 18.4. The third kappa shape index (κ3) is 5.15. The summed E-state index contributed by atoms with van der Waals surface area (Å²) in [7, 11) is 0. The third-order valence-electron chi connectivity index (χ3n) is 6.78. The molecule has 0 spiro atoms. The van der Waals surface area contributed by atoms with Crippen LogP contribution in [0.1, 0.15) is 57.9 Å². The summed E-state index contributed by atoms with van der Waals surface area (Å²) in [5, 5.41) is 2.46. The molecule has 4 heteroatoms. The maximum absolute atomic E-state index is 11.9. The Kier molecular flexibility index (Phi) is 6.93. The van der Waals surface area contributed by atoms with Crippen LogP contribution in [0.2, 0.25) is 0 Å². The van der Waals surface area contributed by atoms with Gasteiger partial charge in [0.2, 0.25) is 0 Å². The maximum Gasteiger partial charge on any atom is 0.309 e. The Labute approximate surface area is 180 Å². The Hall–Kier alpha value is -2.07. The van der Waals surface area contributed by atoms with Crippen molar-refractivity contribution in [2.45, 2.75) is 65.0 Å². The normalized spacial score (nSPS) is 23.4. The number of carbonyl (C=O) groups is 1. The number of piperidine rings is 1. The van der Waals surface area contributed by atoms with Crippen LogP contribution >= 0.6 is 0 Å². The molecule has 0 N–H and O–H groups in total. The van der Waals surface area contributed by atoms with Gasteiger partial charge in [-0.15, -0.1) is 0 Å². The van der Waals surface area contributed by atoms with E-state index in [1.54, 1.807) is 0 Å². The summed E-state index contributed by atoms with van der Waals surface area (Å²) in [4.78, 5) is 14.4. The monoisotopic (exact) mass is 409 g/mol. The molecule has 2 aromatic rings. The van der Waals surface area contributed by atoms with E-state index in [0.717, 1.165) is 57.0 Å². The quantitative estimate of drug-likeness (QED) is 0.585. The lowest BCUT2D eigenvalue weighted by Crippen LogP contribution is -2.36. The van der Waals surface area contributed by atoms with Gasteiger partial charge in [-0.2, -0.15) is 0 Å². The molecule has 2 aromatic carbocycles. The lowest BCUT2D eigenvalue weighted by atomic mass is 9.89. The number of hydrogen-bond acceptors (Lipinski definition) is 4. The number of benzene rings is 2. The van der Waals surface area contributed by atoms with Gasteiger partial charge < -0.3 is 9.47 Å². The number of hydrogen-bond donors (Lipinski definition) is 0. The fraction of sp³-hybridized carbons (Fsp3) is 0.577. The number of esters is 1. The van der Waals surface area contributed by atoms with Crippen molar-refractivity contribution >= 4 is 16.7 Å². The number of rotatable bonds is 6. The second-order valence-electron chi connectivity index (χ2n) is 9.11. The second kappa shape index (κ2) is 9.82. The van der Waals surface area contributed by atoms with Crippen LogP contribution in [0.5, 0.6) is 5.75 Å². The van der Waals surface area contributed by atoms with Crippen molar-refractivity contribution in [2.75, 3.05) is 19.7 Å². The Bertz CT molecular complexity index is 848. The van der Waals surface area contributed by atoms with E-state index in [9.17, 15) is 4.79 Å².